The molecule has 284 valence electrons. The highest BCUT2D eigenvalue weighted by Crippen LogP contribution is 2.43. The quantitative estimate of drug-likeness (QED) is 0.165. The first-order valence-corrected chi connectivity index (χ1v) is 20.7. The maximum Gasteiger partial charge on any atom is 0.0788 e. The summed E-state index contributed by atoms with van der Waals surface area (Å²) in [5.41, 5.74) is 16.4. The fourth-order valence-corrected chi connectivity index (χ4v) is 9.57. The molecule has 0 aliphatic rings. The van der Waals surface area contributed by atoms with Crippen molar-refractivity contribution in [3.05, 3.63) is 217 Å². The number of benzene rings is 9. The molecule has 0 unspecified atom stereocenters. The topological polar surface area (TPSA) is 18.0 Å². The van der Waals surface area contributed by atoms with Crippen molar-refractivity contribution in [3.63, 3.8) is 0 Å². The average molecular weight is 769 g/mol. The van der Waals surface area contributed by atoms with Crippen molar-refractivity contribution < 1.29 is 0 Å². The predicted molar refractivity (Wildman–Crippen MR) is 254 cm³/mol. The summed E-state index contributed by atoms with van der Waals surface area (Å²) in [5, 5.41) is 7.46. The molecule has 4 heteroatoms. The number of nitrogens with zero attached hydrogens (tertiary/aromatic N) is 4. The number of para-hydroxylation sites is 4. The Bertz CT molecular complexity index is 3480. The molecule has 0 amide bonds. The highest BCUT2D eigenvalue weighted by atomic mass is 15.1. The zero-order chi connectivity index (χ0) is 39.9. The number of hydrogen-bond donors (Lipinski definition) is 0. The zero-order valence-corrected chi connectivity index (χ0v) is 33.4. The van der Waals surface area contributed by atoms with Crippen LogP contribution in [-0.4, -0.2) is 13.7 Å². The average Bonchev–Trinajstić information content (AvgIpc) is 3.94. The van der Waals surface area contributed by atoms with Gasteiger partial charge in [0, 0.05) is 66.4 Å². The summed E-state index contributed by atoms with van der Waals surface area (Å²) < 4.78 is 7.34. The van der Waals surface area contributed by atoms with Gasteiger partial charge in [0.15, 0.2) is 0 Å². The van der Waals surface area contributed by atoms with Crippen molar-refractivity contribution in [2.24, 2.45) is 0 Å². The van der Waals surface area contributed by atoms with E-state index in [2.05, 4.69) is 239 Å². The SMILES string of the molecule is Cc1ccc(N(c2ccc(C)cc2)c2ccc(-n3c4ccccc4c4ccc5c6ccccc6n(-c6ccc(-n7c8ccccc8c8ccccc87)cc6)c5c43)cc2)cc1. The van der Waals surface area contributed by atoms with E-state index in [-0.39, 0.29) is 0 Å². The lowest BCUT2D eigenvalue weighted by Gasteiger charge is -2.26. The van der Waals surface area contributed by atoms with Gasteiger partial charge in [0.2, 0.25) is 0 Å². The number of aromatic nitrogens is 3. The largest absolute Gasteiger partial charge is 0.311 e. The number of rotatable bonds is 6. The molecule has 3 aromatic heterocycles. The van der Waals surface area contributed by atoms with E-state index < -0.39 is 0 Å². The predicted octanol–water partition coefficient (Wildman–Crippen LogP) is 15.1. The van der Waals surface area contributed by atoms with Crippen LogP contribution in [0, 0.1) is 13.8 Å². The van der Waals surface area contributed by atoms with Crippen LogP contribution >= 0.6 is 0 Å². The molecular weight excluding hydrogens is 729 g/mol. The molecule has 0 spiro atoms. The van der Waals surface area contributed by atoms with Crippen molar-refractivity contribution in [1.29, 1.82) is 0 Å². The monoisotopic (exact) mass is 768 g/mol. The highest BCUT2D eigenvalue weighted by molar-refractivity contribution is 6.24. The van der Waals surface area contributed by atoms with Gasteiger partial charge in [0.1, 0.15) is 0 Å². The fraction of sp³-hybridized carbons (Fsp3) is 0.0357. The van der Waals surface area contributed by atoms with E-state index in [1.165, 1.54) is 76.5 Å². The van der Waals surface area contributed by atoms with E-state index in [1.54, 1.807) is 0 Å². The molecule has 0 saturated heterocycles. The van der Waals surface area contributed by atoms with E-state index in [9.17, 15) is 0 Å². The Hall–Kier alpha value is -7.82. The van der Waals surface area contributed by atoms with E-state index in [4.69, 9.17) is 0 Å². The van der Waals surface area contributed by atoms with Crippen molar-refractivity contribution in [1.82, 2.24) is 13.7 Å². The van der Waals surface area contributed by atoms with Crippen LogP contribution in [0.15, 0.2) is 206 Å². The number of hydrogen-bond acceptors (Lipinski definition) is 1. The summed E-state index contributed by atoms with van der Waals surface area (Å²) in [6, 6.07) is 75.5. The van der Waals surface area contributed by atoms with Crippen LogP contribution in [0.3, 0.4) is 0 Å². The second-order valence-corrected chi connectivity index (χ2v) is 16.0. The number of aryl methyl sites for hydroxylation is 2. The van der Waals surface area contributed by atoms with E-state index in [0.29, 0.717) is 0 Å². The van der Waals surface area contributed by atoms with Gasteiger partial charge in [-0.25, -0.2) is 0 Å². The van der Waals surface area contributed by atoms with E-state index in [1.807, 2.05) is 0 Å². The van der Waals surface area contributed by atoms with Gasteiger partial charge in [0.05, 0.1) is 33.1 Å². The first-order chi connectivity index (χ1) is 29.6. The van der Waals surface area contributed by atoms with E-state index >= 15 is 0 Å². The lowest BCUT2D eigenvalue weighted by Crippen LogP contribution is -2.10. The first-order valence-electron chi connectivity index (χ1n) is 20.7. The summed E-state index contributed by atoms with van der Waals surface area (Å²) in [6.07, 6.45) is 0. The molecule has 0 N–H and O–H groups in total. The molecule has 0 atom stereocenters. The Labute approximate surface area is 348 Å². The zero-order valence-electron chi connectivity index (χ0n) is 33.4. The van der Waals surface area contributed by atoms with Crippen molar-refractivity contribution in [3.8, 4) is 17.1 Å². The molecule has 12 aromatic rings. The van der Waals surface area contributed by atoms with Crippen LogP contribution < -0.4 is 4.90 Å². The first kappa shape index (κ1) is 34.2. The Morgan fingerprint density at radius 2 is 0.550 bits per heavy atom. The molecule has 0 aliphatic heterocycles. The third-order valence-electron chi connectivity index (χ3n) is 12.4. The second kappa shape index (κ2) is 13.4. The molecular formula is C56H40N4. The third-order valence-corrected chi connectivity index (χ3v) is 12.4. The third kappa shape index (κ3) is 5.17. The van der Waals surface area contributed by atoms with Crippen LogP contribution in [0.2, 0.25) is 0 Å². The molecule has 60 heavy (non-hydrogen) atoms. The Kier molecular flexibility index (Phi) is 7.63. The summed E-state index contributed by atoms with van der Waals surface area (Å²) >= 11 is 0. The van der Waals surface area contributed by atoms with Gasteiger partial charge >= 0.3 is 0 Å². The Balaban J connectivity index is 1.07. The molecule has 0 bridgehead atoms. The lowest BCUT2D eigenvalue weighted by atomic mass is 10.1. The minimum atomic E-state index is 1.11. The van der Waals surface area contributed by atoms with Crippen LogP contribution in [0.1, 0.15) is 11.1 Å². The maximum atomic E-state index is 2.48. The van der Waals surface area contributed by atoms with Crippen molar-refractivity contribution in [2.75, 3.05) is 4.90 Å². The second-order valence-electron chi connectivity index (χ2n) is 16.0. The fourth-order valence-electron chi connectivity index (χ4n) is 9.57. The minimum absolute atomic E-state index is 1.11. The van der Waals surface area contributed by atoms with Crippen LogP contribution in [0.4, 0.5) is 17.1 Å². The van der Waals surface area contributed by atoms with Gasteiger partial charge in [-0.1, -0.05) is 120 Å². The minimum Gasteiger partial charge on any atom is -0.311 e. The standard InChI is InChI=1S/C56H40N4/c1-37-19-23-39(24-20-37)57(40-25-21-38(2)22-26-40)41-27-31-43(32-28-41)59-53-17-9-5-13-47(53)49-35-36-50-48-14-6-10-18-54(48)60(56(50)55(49)59)44-33-29-42(30-34-44)58-51-15-7-3-11-45(51)46-12-4-8-16-52(46)58/h3-36H,1-2H3. The number of fused-ring (bicyclic) bond motifs is 10. The maximum absolute atomic E-state index is 2.48. The van der Waals surface area contributed by atoms with Crippen LogP contribution in [0.25, 0.3) is 82.5 Å². The van der Waals surface area contributed by atoms with Gasteiger partial charge in [-0.15, -0.1) is 0 Å². The molecule has 0 aliphatic carbocycles. The smallest absolute Gasteiger partial charge is 0.0788 e. The molecule has 0 radical (unpaired) electrons. The summed E-state index contributed by atoms with van der Waals surface area (Å²) in [6.45, 7) is 4.28. The molecule has 0 fully saturated rings. The molecule has 4 nitrogen and oxygen atoms in total. The summed E-state index contributed by atoms with van der Waals surface area (Å²) in [4.78, 5) is 2.34. The van der Waals surface area contributed by atoms with Gasteiger partial charge in [-0.3, -0.25) is 0 Å². The number of anilines is 3. The van der Waals surface area contributed by atoms with Crippen molar-refractivity contribution in [2.45, 2.75) is 13.8 Å². The van der Waals surface area contributed by atoms with E-state index in [0.717, 1.165) is 34.1 Å². The van der Waals surface area contributed by atoms with Gasteiger partial charge < -0.3 is 18.6 Å². The van der Waals surface area contributed by atoms with Gasteiger partial charge in [0.25, 0.3) is 0 Å². The van der Waals surface area contributed by atoms with Crippen molar-refractivity contribution >= 4 is 82.5 Å². The normalized spacial score (nSPS) is 11.8. The molecule has 3 heterocycles. The molecule has 12 rings (SSSR count). The Morgan fingerprint density at radius 3 is 0.933 bits per heavy atom. The molecule has 0 saturated carbocycles. The summed E-state index contributed by atoms with van der Waals surface area (Å²) in [7, 11) is 0. The van der Waals surface area contributed by atoms with Crippen LogP contribution in [0.5, 0.6) is 0 Å². The summed E-state index contributed by atoms with van der Waals surface area (Å²) in [5.74, 6) is 0. The molecule has 9 aromatic carbocycles. The Morgan fingerprint density at radius 1 is 0.267 bits per heavy atom. The van der Waals surface area contributed by atoms with Gasteiger partial charge in [-0.05, 0) is 111 Å². The highest BCUT2D eigenvalue weighted by Gasteiger charge is 2.22. The lowest BCUT2D eigenvalue weighted by molar-refractivity contribution is 1.13. The van der Waals surface area contributed by atoms with Crippen LogP contribution in [-0.2, 0) is 0 Å². The van der Waals surface area contributed by atoms with Gasteiger partial charge in [-0.2, -0.15) is 0 Å².